The second kappa shape index (κ2) is 11.6. The zero-order chi connectivity index (χ0) is 31.1. The first-order valence-electron chi connectivity index (χ1n) is 13.5. The van der Waals surface area contributed by atoms with E-state index in [-0.39, 0.29) is 51.1 Å². The standard InChI is InChI=1S/C26H30F9N3O4/c27-24(28,29)17-6-5-16(19(14-17)38-11-2-1-4-18(38)20(39)40)15-37-10-3-7-23(37)8-12-36(13-9-23)22(41)42-21(25(30,31)32)26(33,34)35/h5-6,14,18,21H,1-4,7-13,15H2,(H,39,40). The molecule has 3 fully saturated rings. The summed E-state index contributed by atoms with van der Waals surface area (Å²) in [5.74, 6) is -1.15. The largest absolute Gasteiger partial charge is 0.480 e. The maximum Gasteiger partial charge on any atom is 0.434 e. The van der Waals surface area contributed by atoms with Gasteiger partial charge in [0.1, 0.15) is 6.04 Å². The molecule has 3 heterocycles. The number of anilines is 1. The summed E-state index contributed by atoms with van der Waals surface area (Å²) < 4.78 is 122. The fraction of sp³-hybridized carbons (Fsp3) is 0.692. The molecule has 0 saturated carbocycles. The van der Waals surface area contributed by atoms with Crippen LogP contribution in [0.15, 0.2) is 18.2 Å². The number of carboxylic acids is 1. The van der Waals surface area contributed by atoms with Gasteiger partial charge in [0.05, 0.1) is 5.56 Å². The molecule has 42 heavy (non-hydrogen) atoms. The van der Waals surface area contributed by atoms with Gasteiger partial charge in [-0.1, -0.05) is 6.07 Å². The molecule has 0 bridgehead atoms. The third-order valence-corrected chi connectivity index (χ3v) is 8.38. The molecular weight excluding hydrogens is 589 g/mol. The van der Waals surface area contributed by atoms with Crippen molar-refractivity contribution in [3.8, 4) is 0 Å². The molecule has 1 spiro atoms. The number of hydrogen-bond donors (Lipinski definition) is 1. The summed E-state index contributed by atoms with van der Waals surface area (Å²) in [5, 5.41) is 9.74. The van der Waals surface area contributed by atoms with Crippen LogP contribution in [-0.4, -0.2) is 83.2 Å². The molecule has 1 aromatic carbocycles. The van der Waals surface area contributed by atoms with Gasteiger partial charge >= 0.3 is 30.6 Å². The lowest BCUT2D eigenvalue weighted by Crippen LogP contribution is -2.54. The van der Waals surface area contributed by atoms with E-state index >= 15 is 0 Å². The minimum Gasteiger partial charge on any atom is -0.480 e. The number of aliphatic carboxylic acids is 1. The average Bonchev–Trinajstić information content (AvgIpc) is 3.26. The van der Waals surface area contributed by atoms with Crippen molar-refractivity contribution in [2.75, 3.05) is 31.1 Å². The molecule has 1 atom stereocenters. The summed E-state index contributed by atoms with van der Waals surface area (Å²) in [6, 6.07) is 2.20. The Labute approximate surface area is 235 Å². The molecule has 1 N–H and O–H groups in total. The van der Waals surface area contributed by atoms with Crippen LogP contribution in [0.3, 0.4) is 0 Å². The Morgan fingerprint density at radius 1 is 0.905 bits per heavy atom. The van der Waals surface area contributed by atoms with Gasteiger partial charge in [0, 0.05) is 37.4 Å². The van der Waals surface area contributed by atoms with E-state index < -0.39 is 53.8 Å². The van der Waals surface area contributed by atoms with Crippen LogP contribution in [0, 0.1) is 0 Å². The van der Waals surface area contributed by atoms with Crippen molar-refractivity contribution >= 4 is 17.7 Å². The number of benzene rings is 1. The number of ether oxygens (including phenoxy) is 1. The number of hydrogen-bond acceptors (Lipinski definition) is 5. The lowest BCUT2D eigenvalue weighted by molar-refractivity contribution is -0.308. The number of carboxylic acid groups (broad SMARTS) is 1. The lowest BCUT2D eigenvalue weighted by Gasteiger charge is -2.45. The number of rotatable bonds is 5. The van der Waals surface area contributed by atoms with E-state index in [1.54, 1.807) is 0 Å². The Bertz CT molecular complexity index is 1130. The van der Waals surface area contributed by atoms with Crippen LogP contribution >= 0.6 is 0 Å². The molecule has 1 amide bonds. The summed E-state index contributed by atoms with van der Waals surface area (Å²) in [5.41, 5.74) is -0.893. The molecule has 1 unspecified atom stereocenters. The van der Waals surface area contributed by atoms with E-state index in [1.165, 1.54) is 11.0 Å². The minimum absolute atomic E-state index is 0.144. The van der Waals surface area contributed by atoms with E-state index in [9.17, 15) is 54.2 Å². The quantitative estimate of drug-likeness (QED) is 0.396. The van der Waals surface area contributed by atoms with Gasteiger partial charge in [-0.15, -0.1) is 0 Å². The van der Waals surface area contributed by atoms with Crippen LogP contribution in [0.1, 0.15) is 56.1 Å². The molecule has 16 heteroatoms. The summed E-state index contributed by atoms with van der Waals surface area (Å²) in [6.45, 7) is 0.558. The highest BCUT2D eigenvalue weighted by atomic mass is 19.4. The van der Waals surface area contributed by atoms with Gasteiger partial charge in [-0.2, -0.15) is 39.5 Å². The highest BCUT2D eigenvalue weighted by molar-refractivity contribution is 5.79. The van der Waals surface area contributed by atoms with Crippen molar-refractivity contribution in [3.63, 3.8) is 0 Å². The van der Waals surface area contributed by atoms with E-state index in [2.05, 4.69) is 4.74 Å². The van der Waals surface area contributed by atoms with Crippen LogP contribution in [-0.2, 0) is 22.3 Å². The predicted molar refractivity (Wildman–Crippen MR) is 130 cm³/mol. The third kappa shape index (κ3) is 6.83. The van der Waals surface area contributed by atoms with Crippen molar-refractivity contribution in [1.29, 1.82) is 0 Å². The number of halogens is 9. The van der Waals surface area contributed by atoms with Crippen LogP contribution in [0.4, 0.5) is 50.0 Å². The number of carbonyl (C=O) groups is 2. The molecule has 236 valence electrons. The molecular formula is C26H30F9N3O4. The van der Waals surface area contributed by atoms with Crippen LogP contribution in [0.25, 0.3) is 0 Å². The van der Waals surface area contributed by atoms with E-state index in [1.807, 2.05) is 4.90 Å². The normalized spacial score (nSPS) is 22.2. The van der Waals surface area contributed by atoms with Crippen molar-refractivity contribution in [2.24, 2.45) is 0 Å². The van der Waals surface area contributed by atoms with Gasteiger partial charge in [0.15, 0.2) is 0 Å². The Balaban J connectivity index is 1.52. The maximum atomic E-state index is 13.6. The molecule has 3 aliphatic rings. The van der Waals surface area contributed by atoms with Crippen LogP contribution < -0.4 is 4.90 Å². The van der Waals surface area contributed by atoms with E-state index in [4.69, 9.17) is 0 Å². The van der Waals surface area contributed by atoms with E-state index in [0.29, 0.717) is 37.8 Å². The number of piperidine rings is 2. The fourth-order valence-electron chi connectivity index (χ4n) is 6.23. The number of alkyl halides is 9. The Morgan fingerprint density at radius 3 is 2.12 bits per heavy atom. The van der Waals surface area contributed by atoms with Crippen molar-refractivity contribution in [1.82, 2.24) is 9.80 Å². The second-order valence-electron chi connectivity index (χ2n) is 11.0. The molecule has 0 aliphatic carbocycles. The molecule has 3 saturated heterocycles. The number of nitrogens with zero attached hydrogens (tertiary/aromatic N) is 3. The molecule has 1 aromatic rings. The highest BCUT2D eigenvalue weighted by Crippen LogP contribution is 2.43. The second-order valence-corrected chi connectivity index (χ2v) is 11.0. The van der Waals surface area contributed by atoms with Crippen molar-refractivity contribution in [3.05, 3.63) is 29.3 Å². The monoisotopic (exact) mass is 619 g/mol. The summed E-state index contributed by atoms with van der Waals surface area (Å²) in [7, 11) is 0. The zero-order valence-corrected chi connectivity index (χ0v) is 22.3. The molecule has 7 nitrogen and oxygen atoms in total. The number of carbonyl (C=O) groups excluding carboxylic acids is 1. The Hall–Kier alpha value is -2.91. The fourth-order valence-corrected chi connectivity index (χ4v) is 6.23. The minimum atomic E-state index is -5.83. The summed E-state index contributed by atoms with van der Waals surface area (Å²) in [4.78, 5) is 28.4. The molecule has 4 rings (SSSR count). The van der Waals surface area contributed by atoms with Crippen molar-refractivity contribution < 1.29 is 58.9 Å². The smallest absolute Gasteiger partial charge is 0.434 e. The van der Waals surface area contributed by atoms with Gasteiger partial charge in [-0.05, 0) is 69.2 Å². The predicted octanol–water partition coefficient (Wildman–Crippen LogP) is 6.21. The summed E-state index contributed by atoms with van der Waals surface area (Å²) >= 11 is 0. The topological polar surface area (TPSA) is 73.3 Å². The Kier molecular flexibility index (Phi) is 8.87. The first-order valence-corrected chi connectivity index (χ1v) is 13.5. The van der Waals surface area contributed by atoms with E-state index in [0.717, 1.165) is 17.0 Å². The van der Waals surface area contributed by atoms with Crippen molar-refractivity contribution in [2.45, 2.75) is 87.7 Å². The third-order valence-electron chi connectivity index (χ3n) is 8.38. The molecule has 0 radical (unpaired) electrons. The Morgan fingerprint density at radius 2 is 1.55 bits per heavy atom. The van der Waals surface area contributed by atoms with Gasteiger partial charge in [-0.25, -0.2) is 9.59 Å². The first-order chi connectivity index (χ1) is 19.4. The van der Waals surface area contributed by atoms with Gasteiger partial charge in [0.25, 0.3) is 6.10 Å². The molecule has 3 aliphatic heterocycles. The average molecular weight is 620 g/mol. The first kappa shape index (κ1) is 32.0. The van der Waals surface area contributed by atoms with Crippen LogP contribution in [0.5, 0.6) is 0 Å². The number of likely N-dealkylation sites (tertiary alicyclic amines) is 2. The van der Waals surface area contributed by atoms with Gasteiger partial charge in [-0.3, -0.25) is 4.90 Å². The lowest BCUT2D eigenvalue weighted by atomic mass is 9.84. The summed E-state index contributed by atoms with van der Waals surface area (Å²) in [6.07, 6.45) is -19.2. The van der Waals surface area contributed by atoms with Gasteiger partial charge in [0.2, 0.25) is 0 Å². The molecule has 0 aromatic heterocycles. The van der Waals surface area contributed by atoms with Gasteiger partial charge < -0.3 is 19.6 Å². The number of amides is 1. The SMILES string of the molecule is O=C(O)C1CCCCN1c1cc(C(F)(F)F)ccc1CN1CCCC12CCN(C(=O)OC(C(F)(F)F)C(F)(F)F)CC2. The van der Waals surface area contributed by atoms with Crippen LogP contribution in [0.2, 0.25) is 0 Å². The zero-order valence-electron chi connectivity index (χ0n) is 22.3. The maximum absolute atomic E-state index is 13.6. The highest BCUT2D eigenvalue weighted by Gasteiger charge is 2.60.